The molecule has 0 spiro atoms. The molecule has 1 fully saturated rings. The zero-order valence-corrected chi connectivity index (χ0v) is 11.7. The Labute approximate surface area is 118 Å². The standard InChI is InChI=1S/C16H19N3O/c1-17-10-12-6-8-19(11-12)16(20)14-4-5-15-13(9-14)3-2-7-18-15/h2-5,7,9,12,17H,6,8,10-11H2,1H3. The highest BCUT2D eigenvalue weighted by Crippen LogP contribution is 2.20. The van der Waals surface area contributed by atoms with Gasteiger partial charge in [-0.05, 0) is 50.2 Å². The van der Waals surface area contributed by atoms with Gasteiger partial charge in [0.15, 0.2) is 0 Å². The Kier molecular flexibility index (Phi) is 3.65. The van der Waals surface area contributed by atoms with Crippen molar-refractivity contribution in [3.8, 4) is 0 Å². The molecule has 1 atom stereocenters. The second-order valence-corrected chi connectivity index (χ2v) is 5.37. The van der Waals surface area contributed by atoms with E-state index in [0.717, 1.165) is 42.5 Å². The minimum absolute atomic E-state index is 0.134. The predicted octanol–water partition coefficient (Wildman–Crippen LogP) is 1.92. The van der Waals surface area contributed by atoms with Crippen molar-refractivity contribution in [2.24, 2.45) is 5.92 Å². The topological polar surface area (TPSA) is 45.2 Å². The number of hydrogen-bond donors (Lipinski definition) is 1. The summed E-state index contributed by atoms with van der Waals surface area (Å²) in [7, 11) is 1.96. The summed E-state index contributed by atoms with van der Waals surface area (Å²) in [5.74, 6) is 0.709. The van der Waals surface area contributed by atoms with Crippen molar-refractivity contribution in [3.05, 3.63) is 42.1 Å². The fourth-order valence-corrected chi connectivity index (χ4v) is 2.86. The molecule has 0 saturated carbocycles. The van der Waals surface area contributed by atoms with Gasteiger partial charge in [0.2, 0.25) is 0 Å². The third-order valence-corrected chi connectivity index (χ3v) is 3.92. The third-order valence-electron chi connectivity index (χ3n) is 3.92. The first kappa shape index (κ1) is 13.1. The van der Waals surface area contributed by atoms with E-state index in [2.05, 4.69) is 10.3 Å². The molecule has 0 bridgehead atoms. The first-order valence-electron chi connectivity index (χ1n) is 7.06. The summed E-state index contributed by atoms with van der Waals surface area (Å²) in [6.45, 7) is 2.69. The number of pyridine rings is 1. The lowest BCUT2D eigenvalue weighted by Crippen LogP contribution is -2.30. The number of benzene rings is 1. The van der Waals surface area contributed by atoms with Crippen molar-refractivity contribution in [1.82, 2.24) is 15.2 Å². The molecule has 1 aromatic heterocycles. The van der Waals surface area contributed by atoms with E-state index in [4.69, 9.17) is 0 Å². The molecule has 2 aromatic rings. The number of carbonyl (C=O) groups is 1. The zero-order chi connectivity index (χ0) is 13.9. The summed E-state index contributed by atoms with van der Waals surface area (Å²) in [6, 6.07) is 9.63. The normalized spacial score (nSPS) is 18.6. The Morgan fingerprint density at radius 3 is 3.20 bits per heavy atom. The maximum atomic E-state index is 12.5. The van der Waals surface area contributed by atoms with Gasteiger partial charge < -0.3 is 10.2 Å². The van der Waals surface area contributed by atoms with Crippen molar-refractivity contribution in [3.63, 3.8) is 0 Å². The number of aromatic nitrogens is 1. The average Bonchev–Trinajstić information content (AvgIpc) is 2.95. The number of rotatable bonds is 3. The molecule has 1 saturated heterocycles. The summed E-state index contributed by atoms with van der Waals surface area (Å²) >= 11 is 0. The fraction of sp³-hybridized carbons (Fsp3) is 0.375. The fourth-order valence-electron chi connectivity index (χ4n) is 2.86. The Hall–Kier alpha value is -1.94. The van der Waals surface area contributed by atoms with Gasteiger partial charge in [-0.25, -0.2) is 0 Å². The number of fused-ring (bicyclic) bond motifs is 1. The Balaban J connectivity index is 1.79. The van der Waals surface area contributed by atoms with Gasteiger partial charge in [0.05, 0.1) is 5.52 Å². The van der Waals surface area contributed by atoms with Crippen LogP contribution in [0.25, 0.3) is 10.9 Å². The summed E-state index contributed by atoms with van der Waals surface area (Å²) in [5.41, 5.74) is 1.69. The molecule has 2 heterocycles. The molecule has 1 aliphatic heterocycles. The van der Waals surface area contributed by atoms with E-state index in [0.29, 0.717) is 5.92 Å². The highest BCUT2D eigenvalue weighted by molar-refractivity contribution is 5.98. The number of nitrogens with one attached hydrogen (secondary N) is 1. The van der Waals surface area contributed by atoms with Crippen LogP contribution in [-0.2, 0) is 0 Å². The van der Waals surface area contributed by atoms with Crippen LogP contribution in [0.3, 0.4) is 0 Å². The van der Waals surface area contributed by atoms with E-state index >= 15 is 0 Å². The largest absolute Gasteiger partial charge is 0.338 e. The average molecular weight is 269 g/mol. The maximum Gasteiger partial charge on any atom is 0.253 e. The zero-order valence-electron chi connectivity index (χ0n) is 11.7. The molecule has 1 aromatic carbocycles. The smallest absolute Gasteiger partial charge is 0.253 e. The first-order valence-corrected chi connectivity index (χ1v) is 7.06. The Morgan fingerprint density at radius 1 is 1.45 bits per heavy atom. The molecular weight excluding hydrogens is 250 g/mol. The van der Waals surface area contributed by atoms with Crippen molar-refractivity contribution in [1.29, 1.82) is 0 Å². The molecule has 4 heteroatoms. The maximum absolute atomic E-state index is 12.5. The summed E-state index contributed by atoms with van der Waals surface area (Å²) in [6.07, 6.45) is 2.86. The van der Waals surface area contributed by atoms with Crippen molar-refractivity contribution in [2.75, 3.05) is 26.7 Å². The van der Waals surface area contributed by atoms with Crippen LogP contribution in [0.5, 0.6) is 0 Å². The number of nitrogens with zero attached hydrogens (tertiary/aromatic N) is 2. The highest BCUT2D eigenvalue weighted by atomic mass is 16.2. The molecule has 20 heavy (non-hydrogen) atoms. The van der Waals surface area contributed by atoms with Gasteiger partial charge in [-0.15, -0.1) is 0 Å². The minimum atomic E-state index is 0.134. The molecule has 1 unspecified atom stereocenters. The molecule has 0 aliphatic carbocycles. The van der Waals surface area contributed by atoms with Crippen molar-refractivity contribution < 1.29 is 4.79 Å². The second kappa shape index (κ2) is 5.59. The number of amides is 1. The van der Waals surface area contributed by atoms with E-state index in [1.165, 1.54) is 0 Å². The van der Waals surface area contributed by atoms with Gasteiger partial charge in [-0.1, -0.05) is 6.07 Å². The minimum Gasteiger partial charge on any atom is -0.338 e. The second-order valence-electron chi connectivity index (χ2n) is 5.37. The first-order chi connectivity index (χ1) is 9.78. The quantitative estimate of drug-likeness (QED) is 0.926. The molecule has 1 amide bonds. The molecule has 4 nitrogen and oxygen atoms in total. The molecule has 1 aliphatic rings. The van der Waals surface area contributed by atoms with Crippen molar-refractivity contribution in [2.45, 2.75) is 6.42 Å². The highest BCUT2D eigenvalue weighted by Gasteiger charge is 2.26. The molecular formula is C16H19N3O. The lowest BCUT2D eigenvalue weighted by Gasteiger charge is -2.17. The van der Waals surface area contributed by atoms with Crippen LogP contribution in [0.4, 0.5) is 0 Å². The third kappa shape index (κ3) is 2.51. The van der Waals surface area contributed by atoms with Crippen LogP contribution in [0.2, 0.25) is 0 Å². The SMILES string of the molecule is CNCC1CCN(C(=O)c2ccc3ncccc3c2)C1. The van der Waals surface area contributed by atoms with Gasteiger partial charge in [-0.2, -0.15) is 0 Å². The van der Waals surface area contributed by atoms with E-state index in [1.54, 1.807) is 6.20 Å². The van der Waals surface area contributed by atoms with Gasteiger partial charge in [0.1, 0.15) is 0 Å². The van der Waals surface area contributed by atoms with Crippen LogP contribution in [0, 0.1) is 5.92 Å². The number of hydrogen-bond acceptors (Lipinski definition) is 3. The molecule has 1 N–H and O–H groups in total. The number of likely N-dealkylation sites (tertiary alicyclic amines) is 1. The van der Waals surface area contributed by atoms with Crippen LogP contribution >= 0.6 is 0 Å². The van der Waals surface area contributed by atoms with E-state index in [1.807, 2.05) is 42.3 Å². The van der Waals surface area contributed by atoms with Crippen LogP contribution in [-0.4, -0.2) is 42.5 Å². The molecule has 104 valence electrons. The van der Waals surface area contributed by atoms with Crippen LogP contribution in [0.1, 0.15) is 16.8 Å². The van der Waals surface area contributed by atoms with E-state index < -0.39 is 0 Å². The summed E-state index contributed by atoms with van der Waals surface area (Å²) in [5, 5.41) is 4.20. The predicted molar refractivity (Wildman–Crippen MR) is 79.7 cm³/mol. The van der Waals surface area contributed by atoms with Gasteiger partial charge in [0, 0.05) is 30.2 Å². The van der Waals surface area contributed by atoms with E-state index in [9.17, 15) is 4.79 Å². The Morgan fingerprint density at radius 2 is 2.35 bits per heavy atom. The summed E-state index contributed by atoms with van der Waals surface area (Å²) < 4.78 is 0. The van der Waals surface area contributed by atoms with Crippen LogP contribution in [0.15, 0.2) is 36.5 Å². The van der Waals surface area contributed by atoms with Gasteiger partial charge in [-0.3, -0.25) is 9.78 Å². The monoisotopic (exact) mass is 269 g/mol. The molecule has 0 radical (unpaired) electrons. The lowest BCUT2D eigenvalue weighted by atomic mass is 10.1. The Bertz CT molecular complexity index is 626. The molecule has 3 rings (SSSR count). The lowest BCUT2D eigenvalue weighted by molar-refractivity contribution is 0.0787. The van der Waals surface area contributed by atoms with Gasteiger partial charge in [0.25, 0.3) is 5.91 Å². The van der Waals surface area contributed by atoms with Crippen molar-refractivity contribution >= 4 is 16.8 Å². The van der Waals surface area contributed by atoms with E-state index in [-0.39, 0.29) is 5.91 Å². The summed E-state index contributed by atoms with van der Waals surface area (Å²) in [4.78, 5) is 18.8. The van der Waals surface area contributed by atoms with Crippen LogP contribution < -0.4 is 5.32 Å². The number of carbonyl (C=O) groups excluding carboxylic acids is 1. The van der Waals surface area contributed by atoms with Gasteiger partial charge >= 0.3 is 0 Å².